The van der Waals surface area contributed by atoms with E-state index in [2.05, 4.69) is 28.3 Å². The highest BCUT2D eigenvalue weighted by Crippen LogP contribution is 2.10. The third-order valence-corrected chi connectivity index (χ3v) is 2.78. The van der Waals surface area contributed by atoms with Gasteiger partial charge in [-0.05, 0) is 25.0 Å². The van der Waals surface area contributed by atoms with Gasteiger partial charge in [0.1, 0.15) is 0 Å². The molecule has 1 N–H and O–H groups in total. The molecule has 0 aliphatic carbocycles. The number of imidazole rings is 1. The number of nitrogens with zero attached hydrogens (tertiary/aromatic N) is 3. The molecule has 4 heteroatoms. The van der Waals surface area contributed by atoms with Gasteiger partial charge in [0.25, 0.3) is 0 Å². The summed E-state index contributed by atoms with van der Waals surface area (Å²) in [4.78, 5) is 8.81. The second kappa shape index (κ2) is 4.99. The zero-order valence-corrected chi connectivity index (χ0v) is 10.6. The van der Waals surface area contributed by atoms with Crippen molar-refractivity contribution in [2.24, 2.45) is 7.05 Å². The van der Waals surface area contributed by atoms with E-state index in [-0.39, 0.29) is 0 Å². The predicted molar refractivity (Wildman–Crippen MR) is 68.9 cm³/mol. The van der Waals surface area contributed by atoms with Gasteiger partial charge in [0, 0.05) is 19.4 Å². The Kier molecular flexibility index (Phi) is 3.42. The number of anilines is 1. The molecule has 0 amide bonds. The van der Waals surface area contributed by atoms with Crippen molar-refractivity contribution < 1.29 is 0 Å². The smallest absolute Gasteiger partial charge is 0.203 e. The minimum Gasteiger partial charge on any atom is -0.350 e. The monoisotopic (exact) mass is 230 g/mol. The fourth-order valence-electron chi connectivity index (χ4n) is 1.90. The number of nitrogens with one attached hydrogen (secondary N) is 1. The van der Waals surface area contributed by atoms with E-state index < -0.39 is 0 Å². The molecule has 2 aromatic rings. The number of hydrogen-bond donors (Lipinski definition) is 1. The molecule has 0 saturated heterocycles. The van der Waals surface area contributed by atoms with Crippen LogP contribution in [0.2, 0.25) is 0 Å². The van der Waals surface area contributed by atoms with E-state index in [4.69, 9.17) is 0 Å². The zero-order chi connectivity index (χ0) is 12.3. The van der Waals surface area contributed by atoms with Crippen molar-refractivity contribution in [3.63, 3.8) is 0 Å². The number of hydrogen-bond acceptors (Lipinski definition) is 3. The Labute approximate surface area is 102 Å². The lowest BCUT2D eigenvalue weighted by atomic mass is 10.1. The van der Waals surface area contributed by atoms with Crippen molar-refractivity contribution >= 4 is 5.95 Å². The Morgan fingerprint density at radius 2 is 2.24 bits per heavy atom. The van der Waals surface area contributed by atoms with E-state index in [1.807, 2.05) is 37.0 Å². The molecular formula is C13H18N4. The Balaban J connectivity index is 2.09. The third-order valence-electron chi connectivity index (χ3n) is 2.78. The molecular weight excluding hydrogens is 212 g/mol. The standard InChI is InChI=1S/C13H18N4/c1-4-11-6-5-7-14-12(11)8-15-13-16-10(2)9-17(13)3/h5-7,9H,4,8H2,1-3H3,(H,15,16). The first kappa shape index (κ1) is 11.6. The SMILES string of the molecule is CCc1cccnc1CNc1nc(C)cn1C. The Bertz CT molecular complexity index is 502. The molecule has 0 atom stereocenters. The molecule has 0 aromatic carbocycles. The molecule has 0 unspecified atom stereocenters. The molecule has 2 heterocycles. The van der Waals surface area contributed by atoms with Gasteiger partial charge in [-0.3, -0.25) is 4.98 Å². The summed E-state index contributed by atoms with van der Waals surface area (Å²) < 4.78 is 1.99. The minimum atomic E-state index is 0.717. The first-order valence-corrected chi connectivity index (χ1v) is 5.87. The molecule has 4 nitrogen and oxygen atoms in total. The van der Waals surface area contributed by atoms with Crippen molar-refractivity contribution in [1.82, 2.24) is 14.5 Å². The highest BCUT2D eigenvalue weighted by atomic mass is 15.2. The van der Waals surface area contributed by atoms with Crippen LogP contribution < -0.4 is 5.32 Å². The maximum Gasteiger partial charge on any atom is 0.203 e. The van der Waals surface area contributed by atoms with Crippen LogP contribution in [0.3, 0.4) is 0 Å². The van der Waals surface area contributed by atoms with Gasteiger partial charge in [0.2, 0.25) is 5.95 Å². The van der Waals surface area contributed by atoms with E-state index in [0.29, 0.717) is 6.54 Å². The minimum absolute atomic E-state index is 0.717. The summed E-state index contributed by atoms with van der Waals surface area (Å²) in [5.41, 5.74) is 3.40. The first-order valence-electron chi connectivity index (χ1n) is 5.87. The highest BCUT2D eigenvalue weighted by Gasteiger charge is 2.04. The van der Waals surface area contributed by atoms with Crippen LogP contribution in [0.25, 0.3) is 0 Å². The largest absolute Gasteiger partial charge is 0.350 e. The van der Waals surface area contributed by atoms with E-state index in [1.165, 1.54) is 5.56 Å². The lowest BCUT2D eigenvalue weighted by Gasteiger charge is -2.08. The summed E-state index contributed by atoms with van der Waals surface area (Å²) in [5.74, 6) is 0.884. The fraction of sp³-hybridized carbons (Fsp3) is 0.385. The summed E-state index contributed by atoms with van der Waals surface area (Å²) in [5, 5.41) is 3.31. The number of pyridine rings is 1. The maximum atomic E-state index is 4.40. The molecule has 17 heavy (non-hydrogen) atoms. The van der Waals surface area contributed by atoms with Crippen LogP contribution in [-0.4, -0.2) is 14.5 Å². The lowest BCUT2D eigenvalue weighted by Crippen LogP contribution is -2.08. The number of aromatic nitrogens is 3. The normalized spacial score (nSPS) is 10.5. The molecule has 0 fully saturated rings. The molecule has 2 rings (SSSR count). The molecule has 0 spiro atoms. The average molecular weight is 230 g/mol. The Morgan fingerprint density at radius 3 is 2.88 bits per heavy atom. The maximum absolute atomic E-state index is 4.40. The van der Waals surface area contributed by atoms with Crippen LogP contribution in [0.5, 0.6) is 0 Å². The quantitative estimate of drug-likeness (QED) is 0.876. The number of rotatable bonds is 4. The highest BCUT2D eigenvalue weighted by molar-refractivity contribution is 5.31. The van der Waals surface area contributed by atoms with Gasteiger partial charge >= 0.3 is 0 Å². The predicted octanol–water partition coefficient (Wildman–Crippen LogP) is 2.30. The second-order valence-corrected chi connectivity index (χ2v) is 4.13. The molecule has 0 aliphatic rings. The average Bonchev–Trinajstić information content (AvgIpc) is 2.65. The van der Waals surface area contributed by atoms with E-state index in [0.717, 1.165) is 23.8 Å². The fourth-order valence-corrected chi connectivity index (χ4v) is 1.90. The van der Waals surface area contributed by atoms with Crippen molar-refractivity contribution in [2.75, 3.05) is 5.32 Å². The van der Waals surface area contributed by atoms with Crippen LogP contribution in [0, 0.1) is 6.92 Å². The molecule has 2 aromatic heterocycles. The zero-order valence-electron chi connectivity index (χ0n) is 10.6. The number of aryl methyl sites for hydroxylation is 3. The van der Waals surface area contributed by atoms with Gasteiger partial charge < -0.3 is 9.88 Å². The van der Waals surface area contributed by atoms with Crippen molar-refractivity contribution in [2.45, 2.75) is 26.8 Å². The van der Waals surface area contributed by atoms with Crippen molar-refractivity contribution in [3.8, 4) is 0 Å². The van der Waals surface area contributed by atoms with E-state index in [9.17, 15) is 0 Å². The molecule has 0 saturated carbocycles. The molecule has 0 bridgehead atoms. The summed E-state index contributed by atoms with van der Waals surface area (Å²) in [7, 11) is 1.99. The summed E-state index contributed by atoms with van der Waals surface area (Å²) in [6.45, 7) is 4.85. The van der Waals surface area contributed by atoms with Gasteiger partial charge in [0.15, 0.2) is 0 Å². The van der Waals surface area contributed by atoms with Gasteiger partial charge in [-0.1, -0.05) is 13.0 Å². The third kappa shape index (κ3) is 2.64. The Hall–Kier alpha value is -1.84. The van der Waals surface area contributed by atoms with Gasteiger partial charge in [-0.15, -0.1) is 0 Å². The molecule has 0 aliphatic heterocycles. The van der Waals surface area contributed by atoms with Crippen LogP contribution in [0.15, 0.2) is 24.5 Å². The van der Waals surface area contributed by atoms with Gasteiger partial charge in [-0.2, -0.15) is 0 Å². The second-order valence-electron chi connectivity index (χ2n) is 4.13. The van der Waals surface area contributed by atoms with Crippen LogP contribution in [0.4, 0.5) is 5.95 Å². The topological polar surface area (TPSA) is 42.7 Å². The van der Waals surface area contributed by atoms with Crippen LogP contribution in [0.1, 0.15) is 23.9 Å². The van der Waals surface area contributed by atoms with E-state index in [1.54, 1.807) is 0 Å². The van der Waals surface area contributed by atoms with Crippen molar-refractivity contribution in [3.05, 3.63) is 41.5 Å². The van der Waals surface area contributed by atoms with Crippen LogP contribution >= 0.6 is 0 Å². The van der Waals surface area contributed by atoms with Crippen LogP contribution in [-0.2, 0) is 20.0 Å². The Morgan fingerprint density at radius 1 is 1.41 bits per heavy atom. The summed E-state index contributed by atoms with van der Waals surface area (Å²) in [6, 6.07) is 4.10. The van der Waals surface area contributed by atoms with E-state index >= 15 is 0 Å². The van der Waals surface area contributed by atoms with Crippen molar-refractivity contribution in [1.29, 1.82) is 0 Å². The summed E-state index contributed by atoms with van der Waals surface area (Å²) >= 11 is 0. The van der Waals surface area contributed by atoms with Gasteiger partial charge in [0.05, 0.1) is 17.9 Å². The summed E-state index contributed by atoms with van der Waals surface area (Å²) in [6.07, 6.45) is 4.84. The lowest BCUT2D eigenvalue weighted by molar-refractivity contribution is 0.883. The van der Waals surface area contributed by atoms with Gasteiger partial charge in [-0.25, -0.2) is 4.98 Å². The first-order chi connectivity index (χ1) is 8.20. The molecule has 0 radical (unpaired) electrons. The molecule has 90 valence electrons.